The second-order valence-electron chi connectivity index (χ2n) is 5.37. The summed E-state index contributed by atoms with van der Waals surface area (Å²) in [7, 11) is 3.52. The predicted octanol–water partition coefficient (Wildman–Crippen LogP) is 3.21. The van der Waals surface area contributed by atoms with Crippen LogP contribution in [-0.4, -0.2) is 36.2 Å². The number of hydrogen-bond acceptors (Lipinski definition) is 5. The summed E-state index contributed by atoms with van der Waals surface area (Å²) in [5.41, 5.74) is 1.72. The van der Waals surface area contributed by atoms with Crippen LogP contribution < -0.4 is 10.1 Å². The molecule has 0 aliphatic rings. The molecule has 0 radical (unpaired) electrons. The van der Waals surface area contributed by atoms with Crippen molar-refractivity contribution < 1.29 is 14.1 Å². The van der Waals surface area contributed by atoms with Crippen molar-refractivity contribution in [2.45, 2.75) is 26.4 Å². The molecule has 0 fully saturated rings. The van der Waals surface area contributed by atoms with Crippen LogP contribution in [0.15, 0.2) is 33.3 Å². The number of rotatable bonds is 6. The number of anilines is 1. The number of hydrogen-bond donors (Lipinski definition) is 1. The van der Waals surface area contributed by atoms with Crippen molar-refractivity contribution in [3.63, 3.8) is 0 Å². The molecule has 124 valence electrons. The molecule has 0 aliphatic heterocycles. The number of halogens is 1. The topological polar surface area (TPSA) is 67.6 Å². The molecular formula is C16H20BrN3O3. The summed E-state index contributed by atoms with van der Waals surface area (Å²) in [6, 6.07) is 7.14. The van der Waals surface area contributed by atoms with Crippen LogP contribution in [0.25, 0.3) is 0 Å². The first kappa shape index (κ1) is 17.5. The molecule has 2 rings (SSSR count). The Balaban J connectivity index is 2.03. The molecule has 7 heteroatoms. The first-order valence-corrected chi connectivity index (χ1v) is 7.97. The Morgan fingerprint density at radius 2 is 2.22 bits per heavy atom. The van der Waals surface area contributed by atoms with E-state index < -0.39 is 0 Å². The third-order valence-corrected chi connectivity index (χ3v) is 4.07. The first-order chi connectivity index (χ1) is 10.9. The third kappa shape index (κ3) is 4.56. The summed E-state index contributed by atoms with van der Waals surface area (Å²) >= 11 is 3.46. The van der Waals surface area contributed by atoms with Gasteiger partial charge in [-0.3, -0.25) is 15.0 Å². The number of nitrogens with zero attached hydrogens (tertiary/aromatic N) is 2. The Morgan fingerprint density at radius 3 is 2.83 bits per heavy atom. The number of nitrogens with one attached hydrogen (secondary N) is 1. The Morgan fingerprint density at radius 1 is 1.48 bits per heavy atom. The van der Waals surface area contributed by atoms with E-state index in [-0.39, 0.29) is 11.9 Å². The number of ether oxygens (including phenoxy) is 1. The van der Waals surface area contributed by atoms with Gasteiger partial charge < -0.3 is 9.26 Å². The van der Waals surface area contributed by atoms with Crippen molar-refractivity contribution in [1.82, 2.24) is 10.1 Å². The van der Waals surface area contributed by atoms with E-state index in [1.165, 1.54) is 0 Å². The summed E-state index contributed by atoms with van der Waals surface area (Å²) in [4.78, 5) is 14.2. The summed E-state index contributed by atoms with van der Waals surface area (Å²) in [6.45, 7) is 4.21. The zero-order valence-corrected chi connectivity index (χ0v) is 15.2. The van der Waals surface area contributed by atoms with E-state index in [1.54, 1.807) is 20.1 Å². The van der Waals surface area contributed by atoms with E-state index in [0.717, 1.165) is 21.5 Å². The van der Waals surface area contributed by atoms with E-state index in [1.807, 2.05) is 37.1 Å². The molecule has 0 saturated carbocycles. The Kier molecular flexibility index (Phi) is 5.79. The first-order valence-electron chi connectivity index (χ1n) is 7.17. The molecule has 1 unspecified atom stereocenters. The van der Waals surface area contributed by atoms with Crippen LogP contribution in [0.2, 0.25) is 0 Å². The maximum atomic E-state index is 12.3. The number of carbonyl (C=O) groups excluding carboxylic acids is 1. The minimum Gasteiger partial charge on any atom is -0.496 e. The molecule has 23 heavy (non-hydrogen) atoms. The highest BCUT2D eigenvalue weighted by Gasteiger charge is 2.20. The molecule has 1 heterocycles. The fourth-order valence-corrected chi connectivity index (χ4v) is 2.53. The normalized spacial score (nSPS) is 12.3. The zero-order chi connectivity index (χ0) is 17.0. The van der Waals surface area contributed by atoms with Gasteiger partial charge in [0.25, 0.3) is 0 Å². The van der Waals surface area contributed by atoms with Gasteiger partial charge in [-0.1, -0.05) is 21.1 Å². The standard InChI is InChI=1S/C16H20BrN3O3/c1-10-7-15(23-19-10)18-16(21)11(2)20(3)9-12-8-13(17)5-6-14(12)22-4/h5-8,11H,9H2,1-4H3,(H,18,21). The molecule has 1 aromatic heterocycles. The van der Waals surface area contributed by atoms with Crippen molar-refractivity contribution in [2.24, 2.45) is 0 Å². The van der Waals surface area contributed by atoms with Gasteiger partial charge in [0.05, 0.1) is 18.8 Å². The summed E-state index contributed by atoms with van der Waals surface area (Å²) < 4.78 is 11.3. The highest BCUT2D eigenvalue weighted by molar-refractivity contribution is 9.10. The number of benzene rings is 1. The van der Waals surface area contributed by atoms with Gasteiger partial charge in [0, 0.05) is 22.6 Å². The van der Waals surface area contributed by atoms with E-state index in [4.69, 9.17) is 9.26 Å². The second kappa shape index (κ2) is 7.61. The lowest BCUT2D eigenvalue weighted by Crippen LogP contribution is -2.39. The van der Waals surface area contributed by atoms with Crippen LogP contribution in [0.1, 0.15) is 18.2 Å². The van der Waals surface area contributed by atoms with Gasteiger partial charge in [-0.2, -0.15) is 0 Å². The largest absolute Gasteiger partial charge is 0.496 e. The van der Waals surface area contributed by atoms with E-state index in [0.29, 0.717) is 12.4 Å². The van der Waals surface area contributed by atoms with Crippen molar-refractivity contribution in [2.75, 3.05) is 19.5 Å². The van der Waals surface area contributed by atoms with Crippen LogP contribution in [0.4, 0.5) is 5.88 Å². The second-order valence-corrected chi connectivity index (χ2v) is 6.28. The van der Waals surface area contributed by atoms with Gasteiger partial charge in [-0.15, -0.1) is 0 Å². The average Bonchev–Trinajstić information content (AvgIpc) is 2.91. The van der Waals surface area contributed by atoms with Gasteiger partial charge in [0.2, 0.25) is 11.8 Å². The molecule has 2 aromatic rings. The van der Waals surface area contributed by atoms with Crippen molar-refractivity contribution in [3.05, 3.63) is 40.0 Å². The molecule has 1 N–H and O–H groups in total. The third-order valence-electron chi connectivity index (χ3n) is 3.58. The molecule has 0 bridgehead atoms. The molecule has 1 amide bonds. The maximum Gasteiger partial charge on any atom is 0.243 e. The molecule has 0 saturated heterocycles. The number of aryl methyl sites for hydroxylation is 1. The van der Waals surface area contributed by atoms with Crippen molar-refractivity contribution in [3.8, 4) is 5.75 Å². The molecule has 1 aromatic carbocycles. The minimum absolute atomic E-state index is 0.155. The summed E-state index contributed by atoms with van der Waals surface area (Å²) in [5, 5.41) is 6.47. The van der Waals surface area contributed by atoms with Gasteiger partial charge in [-0.25, -0.2) is 0 Å². The maximum absolute atomic E-state index is 12.3. The Labute approximate surface area is 143 Å². The number of amides is 1. The van der Waals surface area contributed by atoms with E-state index >= 15 is 0 Å². The van der Waals surface area contributed by atoms with Crippen molar-refractivity contribution >= 4 is 27.7 Å². The highest BCUT2D eigenvalue weighted by Crippen LogP contribution is 2.24. The SMILES string of the molecule is COc1ccc(Br)cc1CN(C)C(C)C(=O)Nc1cc(C)no1. The van der Waals surface area contributed by atoms with E-state index in [9.17, 15) is 4.79 Å². The predicted molar refractivity (Wildman–Crippen MR) is 91.5 cm³/mol. The number of aromatic nitrogens is 1. The van der Waals surface area contributed by atoms with Crippen molar-refractivity contribution in [1.29, 1.82) is 0 Å². The molecule has 0 aliphatic carbocycles. The van der Waals surface area contributed by atoms with E-state index in [2.05, 4.69) is 26.4 Å². The fourth-order valence-electron chi connectivity index (χ4n) is 2.12. The number of likely N-dealkylation sites (N-methyl/N-ethyl adjacent to an activating group) is 1. The van der Waals surface area contributed by atoms with Crippen LogP contribution in [-0.2, 0) is 11.3 Å². The lowest BCUT2D eigenvalue weighted by atomic mass is 10.1. The van der Waals surface area contributed by atoms with Gasteiger partial charge in [0.15, 0.2) is 0 Å². The minimum atomic E-state index is -0.343. The van der Waals surface area contributed by atoms with Gasteiger partial charge in [-0.05, 0) is 39.1 Å². The molecule has 1 atom stereocenters. The molecular weight excluding hydrogens is 362 g/mol. The quantitative estimate of drug-likeness (QED) is 0.831. The lowest BCUT2D eigenvalue weighted by molar-refractivity contribution is -0.120. The lowest BCUT2D eigenvalue weighted by Gasteiger charge is -2.24. The van der Waals surface area contributed by atoms with Crippen LogP contribution in [0.5, 0.6) is 5.75 Å². The smallest absolute Gasteiger partial charge is 0.243 e. The van der Waals surface area contributed by atoms with Gasteiger partial charge in [0.1, 0.15) is 5.75 Å². The monoisotopic (exact) mass is 381 g/mol. The summed E-state index contributed by atoms with van der Waals surface area (Å²) in [5.74, 6) is 0.990. The number of methoxy groups -OCH3 is 1. The van der Waals surface area contributed by atoms with Crippen LogP contribution >= 0.6 is 15.9 Å². The Bertz CT molecular complexity index is 687. The molecule has 6 nitrogen and oxygen atoms in total. The average molecular weight is 382 g/mol. The van der Waals surface area contributed by atoms with Crippen LogP contribution in [0.3, 0.4) is 0 Å². The Hall–Kier alpha value is -1.86. The molecule has 0 spiro atoms. The zero-order valence-electron chi connectivity index (χ0n) is 13.6. The summed E-state index contributed by atoms with van der Waals surface area (Å²) in [6.07, 6.45) is 0. The fraction of sp³-hybridized carbons (Fsp3) is 0.375. The highest BCUT2D eigenvalue weighted by atomic mass is 79.9. The van der Waals surface area contributed by atoms with Crippen LogP contribution in [0, 0.1) is 6.92 Å². The number of carbonyl (C=O) groups is 1. The van der Waals surface area contributed by atoms with Gasteiger partial charge >= 0.3 is 0 Å².